The summed E-state index contributed by atoms with van der Waals surface area (Å²) in [6.07, 6.45) is 0.959. The lowest BCUT2D eigenvalue weighted by atomic mass is 10.1. The summed E-state index contributed by atoms with van der Waals surface area (Å²) < 4.78 is 2.01. The van der Waals surface area contributed by atoms with Gasteiger partial charge in [-0.2, -0.15) is 0 Å². The number of fused-ring (bicyclic) bond motifs is 1. The molecule has 9 heteroatoms. The molecule has 31 heavy (non-hydrogen) atoms. The normalized spacial score (nSPS) is 16.1. The highest BCUT2D eigenvalue weighted by Crippen LogP contribution is 2.23. The van der Waals surface area contributed by atoms with E-state index in [-0.39, 0.29) is 24.7 Å². The second kappa shape index (κ2) is 8.77. The fourth-order valence-corrected chi connectivity index (χ4v) is 3.78. The van der Waals surface area contributed by atoms with Crippen molar-refractivity contribution in [2.24, 2.45) is 7.05 Å². The van der Waals surface area contributed by atoms with Crippen molar-refractivity contribution >= 4 is 46.2 Å². The van der Waals surface area contributed by atoms with E-state index in [9.17, 15) is 14.4 Å². The highest BCUT2D eigenvalue weighted by atomic mass is 35.5. The van der Waals surface area contributed by atoms with Crippen LogP contribution in [0.3, 0.4) is 0 Å². The van der Waals surface area contributed by atoms with Gasteiger partial charge in [0.1, 0.15) is 11.9 Å². The molecule has 1 fully saturated rings. The predicted octanol–water partition coefficient (Wildman–Crippen LogP) is 2.79. The lowest BCUT2D eigenvalue weighted by molar-refractivity contribution is -0.121. The van der Waals surface area contributed by atoms with E-state index in [2.05, 4.69) is 15.6 Å². The second-order valence-electron chi connectivity index (χ2n) is 7.37. The smallest absolute Gasteiger partial charge is 0.329 e. The summed E-state index contributed by atoms with van der Waals surface area (Å²) in [5, 5.41) is 6.01. The number of hydrogen-bond donors (Lipinski definition) is 2. The Labute approximate surface area is 184 Å². The molecular formula is C22H22ClN5O3. The molecule has 4 amide bonds. The van der Waals surface area contributed by atoms with Crippen molar-refractivity contribution in [3.63, 3.8) is 0 Å². The number of halogens is 1. The maximum Gasteiger partial charge on any atom is 0.329 e. The number of carbonyl (C=O) groups is 3. The highest BCUT2D eigenvalue weighted by molar-refractivity contribution is 6.30. The summed E-state index contributed by atoms with van der Waals surface area (Å²) in [5.74, 6) is 0.337. The molecule has 0 saturated carbocycles. The van der Waals surface area contributed by atoms with Gasteiger partial charge in [0.2, 0.25) is 5.91 Å². The Bertz CT molecular complexity index is 1140. The molecule has 8 nitrogen and oxygen atoms in total. The molecule has 4 rings (SSSR count). The number of nitrogens with zero attached hydrogens (tertiary/aromatic N) is 3. The van der Waals surface area contributed by atoms with E-state index in [1.54, 1.807) is 24.3 Å². The van der Waals surface area contributed by atoms with Crippen molar-refractivity contribution in [2.75, 3.05) is 11.4 Å². The van der Waals surface area contributed by atoms with Crippen LogP contribution in [0, 0.1) is 0 Å². The van der Waals surface area contributed by atoms with Gasteiger partial charge in [0, 0.05) is 31.5 Å². The lowest BCUT2D eigenvalue weighted by Gasteiger charge is -2.13. The van der Waals surface area contributed by atoms with E-state index < -0.39 is 12.1 Å². The van der Waals surface area contributed by atoms with Gasteiger partial charge in [-0.25, -0.2) is 14.7 Å². The Balaban J connectivity index is 1.27. The minimum atomic E-state index is -0.728. The van der Waals surface area contributed by atoms with E-state index in [0.717, 1.165) is 21.8 Å². The van der Waals surface area contributed by atoms with E-state index >= 15 is 0 Å². The molecule has 1 aromatic heterocycles. The van der Waals surface area contributed by atoms with Crippen molar-refractivity contribution in [1.82, 2.24) is 20.2 Å². The topological polar surface area (TPSA) is 96.3 Å². The van der Waals surface area contributed by atoms with Crippen molar-refractivity contribution < 1.29 is 14.4 Å². The molecule has 2 N–H and O–H groups in total. The Hall–Kier alpha value is -3.39. The zero-order valence-electron chi connectivity index (χ0n) is 17.0. The van der Waals surface area contributed by atoms with Gasteiger partial charge in [-0.05, 0) is 42.8 Å². The van der Waals surface area contributed by atoms with Crippen LogP contribution in [-0.2, 0) is 23.1 Å². The number of carbonyl (C=O) groups excluding carboxylic acids is 3. The first-order valence-electron chi connectivity index (χ1n) is 10.0. The zero-order valence-corrected chi connectivity index (χ0v) is 17.7. The molecule has 0 radical (unpaired) electrons. The summed E-state index contributed by atoms with van der Waals surface area (Å²) in [4.78, 5) is 42.7. The van der Waals surface area contributed by atoms with Gasteiger partial charge < -0.3 is 15.2 Å². The summed E-state index contributed by atoms with van der Waals surface area (Å²) in [6, 6.07) is 13.1. The number of para-hydroxylation sites is 2. The van der Waals surface area contributed by atoms with Gasteiger partial charge in [0.05, 0.1) is 16.7 Å². The van der Waals surface area contributed by atoms with Crippen molar-refractivity contribution in [2.45, 2.75) is 25.3 Å². The number of aryl methyl sites for hydroxylation is 1. The second-order valence-corrected chi connectivity index (χ2v) is 7.80. The van der Waals surface area contributed by atoms with Crippen LogP contribution in [0.1, 0.15) is 18.7 Å². The number of amides is 4. The molecule has 1 unspecified atom stereocenters. The molecule has 1 aliphatic heterocycles. The molecule has 2 aromatic carbocycles. The molecule has 1 aliphatic rings. The van der Waals surface area contributed by atoms with Crippen LogP contribution < -0.4 is 15.5 Å². The SMILES string of the molecule is Cn1c(CCNC(=O)CCC2NC(=O)N(c3ccc(Cl)cc3)C2=O)nc2ccccc21. The van der Waals surface area contributed by atoms with E-state index in [0.29, 0.717) is 23.7 Å². The first kappa shape index (κ1) is 20.9. The van der Waals surface area contributed by atoms with E-state index in [1.807, 2.05) is 35.9 Å². The number of imidazole rings is 1. The average molecular weight is 440 g/mol. The van der Waals surface area contributed by atoms with E-state index in [4.69, 9.17) is 11.6 Å². The van der Waals surface area contributed by atoms with Crippen LogP contribution in [0.5, 0.6) is 0 Å². The largest absolute Gasteiger partial charge is 0.356 e. The third kappa shape index (κ3) is 4.39. The van der Waals surface area contributed by atoms with Gasteiger partial charge in [-0.1, -0.05) is 23.7 Å². The molecule has 0 bridgehead atoms. The fraction of sp³-hybridized carbons (Fsp3) is 0.273. The van der Waals surface area contributed by atoms with Gasteiger partial charge in [-0.3, -0.25) is 9.59 Å². The summed E-state index contributed by atoms with van der Waals surface area (Å²) in [7, 11) is 1.95. The maximum absolute atomic E-state index is 12.6. The Morgan fingerprint density at radius 3 is 2.65 bits per heavy atom. The minimum absolute atomic E-state index is 0.133. The van der Waals surface area contributed by atoms with Crippen LogP contribution in [0.25, 0.3) is 11.0 Å². The molecule has 0 spiro atoms. The number of anilines is 1. The number of hydrogen-bond acceptors (Lipinski definition) is 4. The molecule has 160 valence electrons. The van der Waals surface area contributed by atoms with Crippen LogP contribution in [0.2, 0.25) is 5.02 Å². The summed E-state index contributed by atoms with van der Waals surface area (Å²) >= 11 is 5.86. The maximum atomic E-state index is 12.6. The first-order chi connectivity index (χ1) is 14.9. The van der Waals surface area contributed by atoms with Crippen LogP contribution >= 0.6 is 11.6 Å². The summed E-state index contributed by atoms with van der Waals surface area (Å²) in [5.41, 5.74) is 2.41. The van der Waals surface area contributed by atoms with Crippen molar-refractivity contribution in [3.8, 4) is 0 Å². The minimum Gasteiger partial charge on any atom is -0.356 e. The van der Waals surface area contributed by atoms with Gasteiger partial charge >= 0.3 is 6.03 Å². The monoisotopic (exact) mass is 439 g/mol. The van der Waals surface area contributed by atoms with Gasteiger partial charge in [-0.15, -0.1) is 0 Å². The number of nitrogens with one attached hydrogen (secondary N) is 2. The predicted molar refractivity (Wildman–Crippen MR) is 118 cm³/mol. The zero-order chi connectivity index (χ0) is 22.0. The standard InChI is InChI=1S/C22H22ClN5O3/c1-27-18-5-3-2-4-16(18)25-19(27)12-13-24-20(29)11-10-17-21(30)28(22(31)26-17)15-8-6-14(23)7-9-15/h2-9,17H,10-13H2,1H3,(H,24,29)(H,26,31). The summed E-state index contributed by atoms with van der Waals surface area (Å²) in [6.45, 7) is 0.442. The molecule has 1 atom stereocenters. The Morgan fingerprint density at radius 2 is 1.90 bits per heavy atom. The third-order valence-corrected chi connectivity index (χ3v) is 5.57. The van der Waals surface area contributed by atoms with Crippen molar-refractivity contribution in [1.29, 1.82) is 0 Å². The Morgan fingerprint density at radius 1 is 1.16 bits per heavy atom. The fourth-order valence-electron chi connectivity index (χ4n) is 3.66. The highest BCUT2D eigenvalue weighted by Gasteiger charge is 2.38. The molecule has 1 saturated heterocycles. The van der Waals surface area contributed by atoms with Crippen LogP contribution in [-0.4, -0.2) is 40.0 Å². The Kier molecular flexibility index (Phi) is 5.90. The number of aromatic nitrogens is 2. The van der Waals surface area contributed by atoms with Crippen LogP contribution in [0.4, 0.5) is 10.5 Å². The first-order valence-corrected chi connectivity index (χ1v) is 10.4. The molecule has 3 aromatic rings. The number of imide groups is 1. The molecular weight excluding hydrogens is 418 g/mol. The van der Waals surface area contributed by atoms with Gasteiger partial charge in [0.15, 0.2) is 0 Å². The number of urea groups is 1. The van der Waals surface area contributed by atoms with Gasteiger partial charge in [0.25, 0.3) is 5.91 Å². The molecule has 2 heterocycles. The van der Waals surface area contributed by atoms with Crippen molar-refractivity contribution in [3.05, 3.63) is 59.4 Å². The van der Waals surface area contributed by atoms with Crippen LogP contribution in [0.15, 0.2) is 48.5 Å². The quantitative estimate of drug-likeness (QED) is 0.553. The average Bonchev–Trinajstić information content (AvgIpc) is 3.23. The number of benzene rings is 2. The lowest BCUT2D eigenvalue weighted by Crippen LogP contribution is -2.33. The third-order valence-electron chi connectivity index (χ3n) is 5.31. The van der Waals surface area contributed by atoms with E-state index in [1.165, 1.54) is 0 Å². The molecule has 0 aliphatic carbocycles. The number of rotatable bonds is 7.